The summed E-state index contributed by atoms with van der Waals surface area (Å²) in [4.78, 5) is 0. The Labute approximate surface area is 118 Å². The van der Waals surface area contributed by atoms with Crippen LogP contribution in [0.5, 0.6) is 0 Å². The minimum absolute atomic E-state index is 0. The maximum absolute atomic E-state index is 2.31. The molecule has 0 bridgehead atoms. The van der Waals surface area contributed by atoms with Crippen molar-refractivity contribution in [1.29, 1.82) is 0 Å². The van der Waals surface area contributed by atoms with Gasteiger partial charge in [0.15, 0.2) is 6.71 Å². The number of hydrogen-bond donors (Lipinski definition) is 0. The quantitative estimate of drug-likeness (QED) is 0.518. The smallest absolute Gasteiger partial charge is 0.157 e. The molecule has 17 heavy (non-hydrogen) atoms. The van der Waals surface area contributed by atoms with Gasteiger partial charge in [0.05, 0.1) is 0 Å². The largest absolute Gasteiger partial charge is 0.159 e. The second kappa shape index (κ2) is 9.49. The van der Waals surface area contributed by atoms with E-state index in [1.54, 1.807) is 0 Å². The highest BCUT2D eigenvalue weighted by Gasteiger charge is 2.23. The van der Waals surface area contributed by atoms with Crippen LogP contribution in [0.15, 0.2) is 12.1 Å². The second-order valence-corrected chi connectivity index (χ2v) is 8.11. The predicted octanol–water partition coefficient (Wildman–Crippen LogP) is 4.83. The molecule has 0 radical (unpaired) electrons. The summed E-state index contributed by atoms with van der Waals surface area (Å²) in [6.45, 7) is 10.7. The first kappa shape index (κ1) is 17.6. The van der Waals surface area contributed by atoms with Crippen molar-refractivity contribution >= 4 is 36.9 Å². The van der Waals surface area contributed by atoms with Gasteiger partial charge in [0.25, 0.3) is 0 Å². The van der Waals surface area contributed by atoms with Crippen LogP contribution in [0.3, 0.4) is 0 Å². The van der Waals surface area contributed by atoms with Crippen molar-refractivity contribution in [3.63, 3.8) is 0 Å². The van der Waals surface area contributed by atoms with E-state index < -0.39 is 0 Å². The molecule has 4 heteroatoms. The van der Waals surface area contributed by atoms with E-state index >= 15 is 0 Å². The molecule has 2 aliphatic heterocycles. The highest BCUT2D eigenvalue weighted by atomic mass is 32.2. The normalized spacial score (nSPS) is 24.5. The Hall–Kier alpha value is 0.570. The first-order chi connectivity index (χ1) is 7.58. The molecule has 98 valence electrons. The van der Waals surface area contributed by atoms with E-state index in [4.69, 9.17) is 0 Å². The lowest BCUT2D eigenvalue weighted by Gasteiger charge is -1.92. The number of thioether (sulfide) groups is 2. The van der Waals surface area contributed by atoms with Crippen molar-refractivity contribution in [3.8, 4) is 0 Å². The highest BCUT2D eigenvalue weighted by Crippen LogP contribution is 2.34. The fraction of sp³-hybridized carbons (Fsp3) is 0.846. The molecule has 2 heterocycles. The Balaban J connectivity index is 0.000000292. The van der Waals surface area contributed by atoms with Crippen molar-refractivity contribution in [2.24, 2.45) is 0 Å². The molecule has 0 N–H and O–H groups in total. The van der Waals surface area contributed by atoms with Crippen LogP contribution >= 0.6 is 23.5 Å². The summed E-state index contributed by atoms with van der Waals surface area (Å²) in [7, 11) is 0. The Morgan fingerprint density at radius 2 is 1.59 bits per heavy atom. The van der Waals surface area contributed by atoms with Crippen LogP contribution in [0.25, 0.3) is 0 Å². The van der Waals surface area contributed by atoms with Crippen molar-refractivity contribution < 1.29 is 0 Å². The topological polar surface area (TPSA) is 0 Å². The van der Waals surface area contributed by atoms with Crippen molar-refractivity contribution in [2.75, 3.05) is 11.5 Å². The van der Waals surface area contributed by atoms with Gasteiger partial charge in [-0.25, -0.2) is 0 Å². The molecule has 2 rings (SSSR count). The van der Waals surface area contributed by atoms with Crippen LogP contribution in [-0.2, 0) is 0 Å². The Kier molecular flexibility index (Phi) is 9.81. The third kappa shape index (κ3) is 12.8. The van der Waals surface area contributed by atoms with Gasteiger partial charge < -0.3 is 0 Å². The average molecular weight is 270 g/mol. The molecule has 2 unspecified atom stereocenters. The lowest BCUT2D eigenvalue weighted by molar-refractivity contribution is 1.08. The molecular formula is C13H28B2S2. The number of hydrogen-bond acceptors (Lipinski definition) is 2. The van der Waals surface area contributed by atoms with Crippen LogP contribution in [0.4, 0.5) is 0 Å². The number of rotatable bonds is 5. The first-order valence-corrected chi connectivity index (χ1v) is 8.57. The van der Waals surface area contributed by atoms with Crippen LogP contribution in [-0.4, -0.2) is 35.4 Å². The third-order valence-electron chi connectivity index (χ3n) is 2.46. The maximum Gasteiger partial charge on any atom is 0.159 e. The van der Waals surface area contributed by atoms with Crippen molar-refractivity contribution in [3.05, 3.63) is 12.1 Å². The van der Waals surface area contributed by atoms with E-state index in [1.807, 2.05) is 0 Å². The van der Waals surface area contributed by atoms with E-state index in [0.717, 1.165) is 23.9 Å². The summed E-state index contributed by atoms with van der Waals surface area (Å²) in [6.07, 6.45) is 5.04. The first-order valence-electron chi connectivity index (χ1n) is 6.47. The Morgan fingerprint density at radius 3 is 1.88 bits per heavy atom. The van der Waals surface area contributed by atoms with E-state index in [9.17, 15) is 0 Å². The summed E-state index contributed by atoms with van der Waals surface area (Å²) in [5, 5.41) is 2.01. The molecule has 0 spiro atoms. The lowest BCUT2D eigenvalue weighted by Crippen LogP contribution is -2.01. The van der Waals surface area contributed by atoms with Crippen LogP contribution in [0.1, 0.15) is 13.8 Å². The van der Waals surface area contributed by atoms with Crippen molar-refractivity contribution in [2.45, 2.75) is 58.0 Å². The van der Waals surface area contributed by atoms with Gasteiger partial charge in [0.2, 0.25) is 0 Å². The van der Waals surface area contributed by atoms with Gasteiger partial charge in [0.1, 0.15) is 6.71 Å². The standard InChI is InChI=1S/C7H13BS.C5H11BS.CH4/c1-8(2)5-3-4-7-6-9-7;1-6(2)3-5-4-7-5;/h3,5,7H,4,6H2,1-2H3;5H,3-4H2,1-2H3;1H4. The molecule has 2 atom stereocenters. The summed E-state index contributed by atoms with van der Waals surface area (Å²) in [5.74, 6) is 5.11. The Bertz CT molecular complexity index is 209. The van der Waals surface area contributed by atoms with Gasteiger partial charge in [-0.05, 0) is 6.42 Å². The molecule has 0 aromatic rings. The molecule has 0 saturated carbocycles. The fourth-order valence-corrected chi connectivity index (χ4v) is 2.75. The van der Waals surface area contributed by atoms with Crippen LogP contribution < -0.4 is 0 Å². The molecule has 2 fully saturated rings. The van der Waals surface area contributed by atoms with Gasteiger partial charge in [-0.15, -0.1) is 5.98 Å². The zero-order valence-electron chi connectivity index (χ0n) is 11.1. The number of allylic oxidation sites excluding steroid dienone is 1. The molecular weight excluding hydrogens is 242 g/mol. The Morgan fingerprint density at radius 1 is 1.06 bits per heavy atom. The van der Waals surface area contributed by atoms with E-state index in [2.05, 4.69) is 62.9 Å². The fourth-order valence-electron chi connectivity index (χ4n) is 1.44. The molecule has 0 aromatic carbocycles. The molecule has 0 nitrogen and oxygen atoms in total. The minimum atomic E-state index is 0. The van der Waals surface area contributed by atoms with Crippen LogP contribution in [0.2, 0.25) is 33.6 Å². The van der Waals surface area contributed by atoms with E-state index in [1.165, 1.54) is 24.2 Å². The molecule has 0 aliphatic carbocycles. The molecule has 0 amide bonds. The summed E-state index contributed by atoms with van der Waals surface area (Å²) >= 11 is 4.17. The zero-order chi connectivity index (χ0) is 12.0. The molecule has 2 saturated heterocycles. The third-order valence-corrected chi connectivity index (χ3v) is 4.45. The second-order valence-electron chi connectivity index (χ2n) is 5.45. The summed E-state index contributed by atoms with van der Waals surface area (Å²) < 4.78 is 0. The summed E-state index contributed by atoms with van der Waals surface area (Å²) in [5.41, 5.74) is 0. The minimum Gasteiger partial charge on any atom is -0.157 e. The average Bonchev–Trinajstić information content (AvgIpc) is 2.97. The van der Waals surface area contributed by atoms with E-state index in [0.29, 0.717) is 0 Å². The molecule has 0 aromatic heterocycles. The molecule has 2 aliphatic rings. The maximum atomic E-state index is 2.31. The van der Waals surface area contributed by atoms with E-state index in [-0.39, 0.29) is 7.43 Å². The van der Waals surface area contributed by atoms with Gasteiger partial charge in [-0.1, -0.05) is 47.1 Å². The SMILES string of the molecule is C.CB(C)C=CCC1CS1.CB(C)CC1CS1. The predicted molar refractivity (Wildman–Crippen MR) is 92.8 cm³/mol. The van der Waals surface area contributed by atoms with Crippen LogP contribution in [0, 0.1) is 0 Å². The van der Waals surface area contributed by atoms with Crippen molar-refractivity contribution in [1.82, 2.24) is 0 Å². The zero-order valence-corrected chi connectivity index (χ0v) is 12.7. The van der Waals surface area contributed by atoms with Gasteiger partial charge in [0, 0.05) is 22.0 Å². The van der Waals surface area contributed by atoms with Gasteiger partial charge in [-0.2, -0.15) is 23.5 Å². The summed E-state index contributed by atoms with van der Waals surface area (Å²) in [6, 6.07) is 0. The van der Waals surface area contributed by atoms with Gasteiger partial charge >= 0.3 is 0 Å². The van der Waals surface area contributed by atoms with Gasteiger partial charge in [-0.3, -0.25) is 0 Å². The lowest BCUT2D eigenvalue weighted by atomic mass is 9.52. The monoisotopic (exact) mass is 270 g/mol. The highest BCUT2D eigenvalue weighted by molar-refractivity contribution is 8.07.